The number of nitrogens with zero attached hydrogens (tertiary/aromatic N) is 1. The van der Waals surface area contributed by atoms with Crippen LogP contribution in [0.1, 0.15) is 25.3 Å². The fourth-order valence-corrected chi connectivity index (χ4v) is 1.80. The molecule has 1 unspecified atom stereocenters. The highest BCUT2D eigenvalue weighted by molar-refractivity contribution is 5.76. The third-order valence-corrected chi connectivity index (χ3v) is 3.39. The second kappa shape index (κ2) is 6.53. The number of nitrogens with two attached hydrogens (primary N) is 1. The molecule has 0 spiro atoms. The van der Waals surface area contributed by atoms with Gasteiger partial charge >= 0.3 is 0 Å². The number of nitro groups is 1. The Balaban J connectivity index is 2.09. The quantitative estimate of drug-likeness (QED) is 0.555. The second-order valence-electron chi connectivity index (χ2n) is 5.32. The van der Waals surface area contributed by atoms with Crippen molar-refractivity contribution in [1.29, 1.82) is 0 Å². The number of ether oxygens (including phenoxy) is 1. The fourth-order valence-electron chi connectivity index (χ4n) is 1.80. The Kier molecular flexibility index (Phi) is 4.74. The molecule has 0 heterocycles. The Bertz CT molecular complexity index is 543. The van der Waals surface area contributed by atoms with E-state index in [9.17, 15) is 14.9 Å². The lowest BCUT2D eigenvalue weighted by Gasteiger charge is -2.14. The molecular formula is C14H19N3O4. The number of benzene rings is 1. The molecule has 0 aromatic heterocycles. The number of nitro benzene ring substituents is 1. The molecule has 1 aliphatic carbocycles. The molecule has 1 aromatic rings. The lowest BCUT2D eigenvalue weighted by molar-refractivity contribution is -0.384. The van der Waals surface area contributed by atoms with E-state index in [0.717, 1.165) is 12.8 Å². The molecule has 7 nitrogen and oxygen atoms in total. The van der Waals surface area contributed by atoms with Crippen molar-refractivity contribution in [2.45, 2.75) is 32.4 Å². The van der Waals surface area contributed by atoms with Gasteiger partial charge in [-0.15, -0.1) is 0 Å². The van der Waals surface area contributed by atoms with Gasteiger partial charge in [-0.3, -0.25) is 14.9 Å². The molecule has 1 fully saturated rings. The highest BCUT2D eigenvalue weighted by Crippen LogP contribution is 2.26. The van der Waals surface area contributed by atoms with Crippen LogP contribution >= 0.6 is 0 Å². The number of primary amides is 1. The molecule has 0 bridgehead atoms. The Hall–Kier alpha value is -2.15. The maximum Gasteiger partial charge on any atom is 0.270 e. The highest BCUT2D eigenvalue weighted by Gasteiger charge is 2.21. The first-order valence-corrected chi connectivity index (χ1v) is 6.90. The predicted molar refractivity (Wildman–Crippen MR) is 76.8 cm³/mol. The van der Waals surface area contributed by atoms with E-state index in [-0.39, 0.29) is 12.3 Å². The van der Waals surface area contributed by atoms with Crippen molar-refractivity contribution in [3.63, 3.8) is 0 Å². The van der Waals surface area contributed by atoms with Crippen molar-refractivity contribution in [1.82, 2.24) is 5.32 Å². The number of rotatable bonds is 8. The second-order valence-corrected chi connectivity index (χ2v) is 5.32. The minimum absolute atomic E-state index is 0.0258. The third kappa shape index (κ3) is 4.42. The van der Waals surface area contributed by atoms with Gasteiger partial charge in [0.2, 0.25) is 5.91 Å². The van der Waals surface area contributed by atoms with Crippen LogP contribution in [-0.2, 0) is 11.3 Å². The third-order valence-electron chi connectivity index (χ3n) is 3.39. The lowest BCUT2D eigenvalue weighted by atomic mass is 10.1. The van der Waals surface area contributed by atoms with E-state index in [0.29, 0.717) is 23.9 Å². The Morgan fingerprint density at radius 1 is 1.57 bits per heavy atom. The fraction of sp³-hybridized carbons (Fsp3) is 0.500. The molecule has 1 amide bonds. The molecule has 21 heavy (non-hydrogen) atoms. The average molecular weight is 293 g/mol. The molecule has 1 atom stereocenters. The Morgan fingerprint density at radius 3 is 2.86 bits per heavy atom. The van der Waals surface area contributed by atoms with Crippen LogP contribution in [0.5, 0.6) is 5.75 Å². The van der Waals surface area contributed by atoms with Gasteiger partial charge in [-0.05, 0) is 18.9 Å². The number of nitrogens with one attached hydrogen (secondary N) is 1. The molecule has 1 aliphatic rings. The summed E-state index contributed by atoms with van der Waals surface area (Å²) in [5.41, 5.74) is 5.93. The number of carbonyl (C=O) groups excluding carboxylic acids is 1. The summed E-state index contributed by atoms with van der Waals surface area (Å²) in [6, 6.07) is 4.95. The van der Waals surface area contributed by atoms with Gasteiger partial charge in [0.25, 0.3) is 5.69 Å². The largest absolute Gasteiger partial charge is 0.492 e. The maximum atomic E-state index is 11.0. The van der Waals surface area contributed by atoms with Crippen molar-refractivity contribution >= 4 is 11.6 Å². The first-order valence-electron chi connectivity index (χ1n) is 6.90. The number of amides is 1. The maximum absolute atomic E-state index is 11.0. The van der Waals surface area contributed by atoms with Crippen LogP contribution in [0, 0.1) is 16.0 Å². The Morgan fingerprint density at radius 2 is 2.29 bits per heavy atom. The van der Waals surface area contributed by atoms with E-state index >= 15 is 0 Å². The smallest absolute Gasteiger partial charge is 0.270 e. The molecule has 0 saturated heterocycles. The molecule has 3 N–H and O–H groups in total. The molecule has 114 valence electrons. The van der Waals surface area contributed by atoms with Gasteiger partial charge < -0.3 is 15.8 Å². The van der Waals surface area contributed by atoms with Crippen molar-refractivity contribution in [3.8, 4) is 5.75 Å². The molecule has 7 heteroatoms. The Labute approximate surface area is 122 Å². The molecular weight excluding hydrogens is 274 g/mol. The summed E-state index contributed by atoms with van der Waals surface area (Å²) in [5.74, 6) is -0.305. The van der Waals surface area contributed by atoms with Crippen molar-refractivity contribution < 1.29 is 14.5 Å². The number of hydrogen-bond donors (Lipinski definition) is 2. The minimum atomic E-state index is -0.436. The summed E-state index contributed by atoms with van der Waals surface area (Å²) in [4.78, 5) is 21.4. The van der Waals surface area contributed by atoms with Crippen molar-refractivity contribution in [2.75, 3.05) is 6.61 Å². The zero-order valence-electron chi connectivity index (χ0n) is 11.9. The summed E-state index contributed by atoms with van der Waals surface area (Å²) in [6.45, 7) is 2.34. The van der Waals surface area contributed by atoms with Gasteiger partial charge in [0.15, 0.2) is 0 Å². The van der Waals surface area contributed by atoms with Gasteiger partial charge in [0.05, 0.1) is 17.4 Å². The monoisotopic (exact) mass is 293 g/mol. The molecule has 1 saturated carbocycles. The molecule has 1 aromatic carbocycles. The van der Waals surface area contributed by atoms with Gasteiger partial charge in [-0.1, -0.05) is 6.92 Å². The van der Waals surface area contributed by atoms with Crippen LogP contribution in [-0.4, -0.2) is 23.5 Å². The molecule has 0 aliphatic heterocycles. The molecule has 0 radical (unpaired) electrons. The van der Waals surface area contributed by atoms with E-state index in [1.54, 1.807) is 13.0 Å². The average Bonchev–Trinajstić information content (AvgIpc) is 3.26. The van der Waals surface area contributed by atoms with E-state index in [4.69, 9.17) is 10.5 Å². The summed E-state index contributed by atoms with van der Waals surface area (Å²) in [5, 5.41) is 14.1. The topological polar surface area (TPSA) is 107 Å². The van der Waals surface area contributed by atoms with Crippen LogP contribution in [0.4, 0.5) is 5.69 Å². The summed E-state index contributed by atoms with van der Waals surface area (Å²) < 4.78 is 5.58. The van der Waals surface area contributed by atoms with E-state index in [1.807, 2.05) is 0 Å². The SMILES string of the molecule is CC(COc1ccc([N+](=O)[O-])cc1CNC1CC1)C(N)=O. The number of carbonyl (C=O) groups is 1. The number of non-ortho nitro benzene ring substituents is 1. The highest BCUT2D eigenvalue weighted by atomic mass is 16.6. The minimum Gasteiger partial charge on any atom is -0.492 e. The van der Waals surface area contributed by atoms with Crippen LogP contribution in [0.2, 0.25) is 0 Å². The zero-order chi connectivity index (χ0) is 15.4. The lowest BCUT2D eigenvalue weighted by Crippen LogP contribution is -2.26. The van der Waals surface area contributed by atoms with Crippen molar-refractivity contribution in [2.24, 2.45) is 11.7 Å². The summed E-state index contributed by atoms with van der Waals surface area (Å²) in [6.07, 6.45) is 2.26. The predicted octanol–water partition coefficient (Wildman–Crippen LogP) is 1.35. The van der Waals surface area contributed by atoms with Crippen LogP contribution in [0.3, 0.4) is 0 Å². The standard InChI is InChI=1S/C14H19N3O4/c1-9(14(15)18)8-21-13-5-4-12(17(19)20)6-10(13)7-16-11-2-3-11/h4-6,9,11,16H,2-3,7-8H2,1H3,(H2,15,18). The first-order chi connectivity index (χ1) is 9.97. The normalized spacial score (nSPS) is 15.5. The van der Waals surface area contributed by atoms with E-state index in [1.165, 1.54) is 12.1 Å². The van der Waals surface area contributed by atoms with E-state index < -0.39 is 16.7 Å². The van der Waals surface area contributed by atoms with Gasteiger partial charge in [0.1, 0.15) is 5.75 Å². The van der Waals surface area contributed by atoms with Gasteiger partial charge in [-0.2, -0.15) is 0 Å². The first kappa shape index (κ1) is 15.2. The van der Waals surface area contributed by atoms with E-state index in [2.05, 4.69) is 5.32 Å². The number of hydrogen-bond acceptors (Lipinski definition) is 5. The van der Waals surface area contributed by atoms with Crippen LogP contribution < -0.4 is 15.8 Å². The summed E-state index contributed by atoms with van der Waals surface area (Å²) in [7, 11) is 0. The van der Waals surface area contributed by atoms with Crippen LogP contribution in [0.15, 0.2) is 18.2 Å². The van der Waals surface area contributed by atoms with Crippen molar-refractivity contribution in [3.05, 3.63) is 33.9 Å². The molecule has 2 rings (SSSR count). The van der Waals surface area contributed by atoms with Gasteiger partial charge in [0, 0.05) is 30.3 Å². The summed E-state index contributed by atoms with van der Waals surface area (Å²) >= 11 is 0. The zero-order valence-corrected chi connectivity index (χ0v) is 11.9. The van der Waals surface area contributed by atoms with Crippen LogP contribution in [0.25, 0.3) is 0 Å². The van der Waals surface area contributed by atoms with Gasteiger partial charge in [-0.25, -0.2) is 0 Å².